The predicted molar refractivity (Wildman–Crippen MR) is 150 cm³/mol. The number of carboxylic acids is 1. The first-order valence-electron chi connectivity index (χ1n) is 14.5. The van der Waals surface area contributed by atoms with E-state index in [2.05, 4.69) is 15.2 Å². The molecular weight excluding hydrogens is 597 g/mol. The molecule has 0 bridgehead atoms. The molecule has 2 aromatic carbocycles. The van der Waals surface area contributed by atoms with Crippen molar-refractivity contribution in [3.05, 3.63) is 77.1 Å². The van der Waals surface area contributed by atoms with Crippen LogP contribution in [0.15, 0.2) is 54.7 Å². The largest absolute Gasteiger partial charge is 0.491 e. The van der Waals surface area contributed by atoms with Crippen LogP contribution in [0, 0.1) is 0 Å². The zero-order chi connectivity index (χ0) is 31.7. The summed E-state index contributed by atoms with van der Waals surface area (Å²) in [5.74, 6) is -2.15. The number of carboxylic acid groups (broad SMARTS) is 1. The fraction of sp³-hybridized carbons (Fsp3) is 0.433. The van der Waals surface area contributed by atoms with Crippen LogP contribution < -0.4 is 4.74 Å². The van der Waals surface area contributed by atoms with Gasteiger partial charge in [0.25, 0.3) is 5.91 Å². The maximum absolute atomic E-state index is 14.1. The van der Waals surface area contributed by atoms with Gasteiger partial charge in [-0.25, -0.2) is 4.68 Å². The SMILES string of the molecule is O=C(O)Cn1cc(CO[C@@H]2C[C@H]3C(=O)N4CCN(Cc5ccccc5)C[C@H]4COc4ccc(C(F)(F)F)cc4C(=O)N3C2)nn1. The number of hydrogen-bond acceptors (Lipinski definition) is 8. The lowest BCUT2D eigenvalue weighted by molar-refractivity contribution is -0.142. The number of rotatable bonds is 7. The van der Waals surface area contributed by atoms with E-state index in [9.17, 15) is 27.6 Å². The fourth-order valence-corrected chi connectivity index (χ4v) is 6.07. The van der Waals surface area contributed by atoms with Crippen molar-refractivity contribution in [1.29, 1.82) is 0 Å². The Morgan fingerprint density at radius 1 is 1.07 bits per heavy atom. The molecule has 0 unspecified atom stereocenters. The van der Waals surface area contributed by atoms with Crippen molar-refractivity contribution < 1.29 is 42.1 Å². The lowest BCUT2D eigenvalue weighted by Gasteiger charge is -2.43. The number of fused-ring (bicyclic) bond motifs is 3. The van der Waals surface area contributed by atoms with Crippen LogP contribution in [0.2, 0.25) is 0 Å². The summed E-state index contributed by atoms with van der Waals surface area (Å²) in [6.45, 7) is 1.62. The first-order valence-corrected chi connectivity index (χ1v) is 14.5. The smallest absolute Gasteiger partial charge is 0.416 e. The number of ether oxygens (including phenoxy) is 2. The summed E-state index contributed by atoms with van der Waals surface area (Å²) in [5.41, 5.74) is 0.192. The normalized spacial score (nSPS) is 22.4. The van der Waals surface area contributed by atoms with Gasteiger partial charge in [-0.05, 0) is 23.8 Å². The van der Waals surface area contributed by atoms with Gasteiger partial charge in [-0.3, -0.25) is 19.3 Å². The molecule has 2 fully saturated rings. The van der Waals surface area contributed by atoms with Gasteiger partial charge in [-0.1, -0.05) is 35.5 Å². The minimum Gasteiger partial charge on any atom is -0.491 e. The van der Waals surface area contributed by atoms with Gasteiger partial charge in [-0.15, -0.1) is 5.10 Å². The second kappa shape index (κ2) is 12.5. The Hall–Kier alpha value is -4.50. The highest BCUT2D eigenvalue weighted by molar-refractivity contribution is 6.00. The Labute approximate surface area is 255 Å². The minimum absolute atomic E-state index is 0.00131. The molecule has 12 nitrogen and oxygen atoms in total. The van der Waals surface area contributed by atoms with Crippen molar-refractivity contribution in [2.75, 3.05) is 32.8 Å². The Balaban J connectivity index is 1.26. The molecule has 3 aliphatic rings. The molecule has 3 aromatic rings. The number of carbonyl (C=O) groups is 3. The Morgan fingerprint density at radius 3 is 2.62 bits per heavy atom. The van der Waals surface area contributed by atoms with Gasteiger partial charge in [0.15, 0.2) is 0 Å². The van der Waals surface area contributed by atoms with Gasteiger partial charge in [0.1, 0.15) is 30.6 Å². The average molecular weight is 629 g/mol. The highest BCUT2D eigenvalue weighted by Crippen LogP contribution is 2.36. The molecule has 45 heavy (non-hydrogen) atoms. The molecule has 3 aliphatic heterocycles. The third kappa shape index (κ3) is 6.78. The first-order chi connectivity index (χ1) is 21.5. The number of alkyl halides is 3. The monoisotopic (exact) mass is 628 g/mol. The number of nitrogens with zero attached hydrogens (tertiary/aromatic N) is 6. The van der Waals surface area contributed by atoms with Crippen LogP contribution in [0.1, 0.15) is 33.6 Å². The maximum Gasteiger partial charge on any atom is 0.416 e. The van der Waals surface area contributed by atoms with Crippen LogP contribution in [0.4, 0.5) is 13.2 Å². The van der Waals surface area contributed by atoms with Gasteiger partial charge >= 0.3 is 12.1 Å². The number of carbonyl (C=O) groups excluding carboxylic acids is 2. The second-order valence-corrected chi connectivity index (χ2v) is 11.4. The lowest BCUT2D eigenvalue weighted by Crippen LogP contribution is -2.61. The molecule has 238 valence electrons. The Morgan fingerprint density at radius 2 is 1.87 bits per heavy atom. The predicted octanol–water partition coefficient (Wildman–Crippen LogP) is 2.29. The molecule has 2 amide bonds. The topological polar surface area (TPSA) is 130 Å². The van der Waals surface area contributed by atoms with Gasteiger partial charge in [-0.2, -0.15) is 13.2 Å². The molecule has 4 heterocycles. The molecule has 2 saturated heterocycles. The van der Waals surface area contributed by atoms with Gasteiger partial charge < -0.3 is 24.4 Å². The summed E-state index contributed by atoms with van der Waals surface area (Å²) >= 11 is 0. The summed E-state index contributed by atoms with van der Waals surface area (Å²) in [6, 6.07) is 11.3. The van der Waals surface area contributed by atoms with E-state index >= 15 is 0 Å². The number of aromatic nitrogens is 3. The highest BCUT2D eigenvalue weighted by atomic mass is 19.4. The zero-order valence-corrected chi connectivity index (χ0v) is 24.1. The zero-order valence-electron chi connectivity index (χ0n) is 24.1. The van der Waals surface area contributed by atoms with E-state index in [1.54, 1.807) is 4.90 Å². The molecule has 0 saturated carbocycles. The van der Waals surface area contributed by atoms with Crippen LogP contribution in [0.25, 0.3) is 0 Å². The molecule has 0 spiro atoms. The number of halogens is 3. The highest BCUT2D eigenvalue weighted by Gasteiger charge is 2.46. The van der Waals surface area contributed by atoms with Gasteiger partial charge in [0.2, 0.25) is 5.91 Å². The summed E-state index contributed by atoms with van der Waals surface area (Å²) in [4.78, 5) is 44.1. The first kappa shape index (κ1) is 30.5. The Kier molecular flexibility index (Phi) is 8.46. The maximum atomic E-state index is 14.1. The van der Waals surface area contributed by atoms with Crippen molar-refractivity contribution >= 4 is 17.8 Å². The number of piperazine rings is 1. The summed E-state index contributed by atoms with van der Waals surface area (Å²) in [5, 5.41) is 16.6. The summed E-state index contributed by atoms with van der Waals surface area (Å²) in [7, 11) is 0. The number of hydrogen-bond donors (Lipinski definition) is 1. The average Bonchev–Trinajstić information content (AvgIpc) is 3.64. The summed E-state index contributed by atoms with van der Waals surface area (Å²) < 4.78 is 54.2. The van der Waals surface area contributed by atoms with Crippen molar-refractivity contribution in [2.24, 2.45) is 0 Å². The van der Waals surface area contributed by atoms with E-state index in [1.807, 2.05) is 30.3 Å². The Bertz CT molecular complexity index is 1570. The van der Waals surface area contributed by atoms with E-state index < -0.39 is 41.8 Å². The molecule has 6 rings (SSSR count). The number of aliphatic carboxylic acids is 1. The third-order valence-electron chi connectivity index (χ3n) is 8.23. The van der Waals surface area contributed by atoms with Crippen LogP contribution >= 0.6 is 0 Å². The van der Waals surface area contributed by atoms with Crippen molar-refractivity contribution in [3.63, 3.8) is 0 Å². The van der Waals surface area contributed by atoms with E-state index in [1.165, 1.54) is 11.1 Å². The summed E-state index contributed by atoms with van der Waals surface area (Å²) in [6.07, 6.45) is -3.78. The molecule has 1 N–H and O–H groups in total. The van der Waals surface area contributed by atoms with E-state index in [0.29, 0.717) is 31.9 Å². The van der Waals surface area contributed by atoms with E-state index in [-0.39, 0.29) is 49.9 Å². The number of benzene rings is 2. The number of amides is 2. The molecule has 15 heteroatoms. The van der Waals surface area contributed by atoms with Crippen molar-refractivity contribution in [3.8, 4) is 5.75 Å². The van der Waals surface area contributed by atoms with Crippen LogP contribution in [-0.2, 0) is 40.2 Å². The molecule has 3 atom stereocenters. The van der Waals surface area contributed by atoms with Crippen LogP contribution in [0.3, 0.4) is 0 Å². The fourth-order valence-electron chi connectivity index (χ4n) is 6.07. The molecular formula is C30H31F3N6O6. The van der Waals surface area contributed by atoms with E-state index in [0.717, 1.165) is 28.4 Å². The van der Waals surface area contributed by atoms with Gasteiger partial charge in [0.05, 0.1) is 36.1 Å². The van der Waals surface area contributed by atoms with Crippen LogP contribution in [0.5, 0.6) is 5.75 Å². The van der Waals surface area contributed by atoms with Crippen LogP contribution in [-0.4, -0.2) is 104 Å². The minimum atomic E-state index is -4.69. The molecule has 0 aliphatic carbocycles. The quantitative estimate of drug-likeness (QED) is 0.419. The van der Waals surface area contributed by atoms with Crippen molar-refractivity contribution in [1.82, 2.24) is 29.7 Å². The van der Waals surface area contributed by atoms with E-state index in [4.69, 9.17) is 14.6 Å². The van der Waals surface area contributed by atoms with Gasteiger partial charge in [0, 0.05) is 39.1 Å². The second-order valence-electron chi connectivity index (χ2n) is 11.4. The standard InChI is InChI=1S/C30H31F3N6O6/c31-30(32,33)20-6-7-26-24(10-20)28(42)39-15-23(44-17-21-13-37(35-34-21)16-27(40)41)11-25(39)29(43)38-9-8-36(14-22(38)18-45-26)12-19-4-2-1-3-5-19/h1-7,10,13,22-23,25H,8-9,11-12,14-18H2,(H,40,41)/t22-,23+,25-/m0/s1. The molecule has 1 aromatic heterocycles. The third-order valence-corrected chi connectivity index (χ3v) is 8.23. The molecule has 0 radical (unpaired) electrons. The lowest BCUT2D eigenvalue weighted by atomic mass is 10.0. The van der Waals surface area contributed by atoms with Crippen molar-refractivity contribution in [2.45, 2.75) is 50.5 Å².